The third-order valence-electron chi connectivity index (χ3n) is 2.17. The number of nitrogens with zero attached hydrogens (tertiary/aromatic N) is 1. The van der Waals surface area contributed by atoms with Crippen LogP contribution < -0.4 is 4.90 Å². The highest BCUT2D eigenvalue weighted by Gasteiger charge is 2.20. The van der Waals surface area contributed by atoms with Gasteiger partial charge < -0.3 is 10.0 Å². The number of halogens is 1. The number of carbonyl (C=O) groups is 2. The van der Waals surface area contributed by atoms with Gasteiger partial charge in [-0.3, -0.25) is 9.59 Å². The van der Waals surface area contributed by atoms with E-state index in [0.717, 1.165) is 0 Å². The minimum atomic E-state index is -0.967. The molecular weight excluding hydrogens is 250 g/mol. The number of hydrogen-bond donors (Lipinski definition) is 1. The zero-order valence-corrected chi connectivity index (χ0v) is 10.5. The third kappa shape index (κ3) is 3.21. The summed E-state index contributed by atoms with van der Waals surface area (Å²) in [6, 6.07) is 3.43. The van der Waals surface area contributed by atoms with E-state index >= 15 is 0 Å². The summed E-state index contributed by atoms with van der Waals surface area (Å²) >= 11 is 7.03. The van der Waals surface area contributed by atoms with Crippen LogP contribution >= 0.6 is 22.9 Å². The van der Waals surface area contributed by atoms with E-state index in [4.69, 9.17) is 16.7 Å². The van der Waals surface area contributed by atoms with Crippen molar-refractivity contribution < 1.29 is 14.7 Å². The lowest BCUT2D eigenvalue weighted by Gasteiger charge is -2.16. The van der Waals surface area contributed by atoms with Crippen LogP contribution in [0.1, 0.15) is 13.3 Å². The maximum absolute atomic E-state index is 11.7. The first-order valence-electron chi connectivity index (χ1n) is 4.66. The molecule has 1 aromatic rings. The number of anilines is 1. The molecule has 0 aromatic carbocycles. The molecule has 1 heterocycles. The Kier molecular flexibility index (Phi) is 4.32. The van der Waals surface area contributed by atoms with E-state index in [1.54, 1.807) is 19.2 Å². The van der Waals surface area contributed by atoms with E-state index in [1.165, 1.54) is 23.2 Å². The smallest absolute Gasteiger partial charge is 0.306 e. The van der Waals surface area contributed by atoms with Gasteiger partial charge in [0.25, 0.3) is 0 Å². The number of rotatable bonds is 4. The zero-order chi connectivity index (χ0) is 12.3. The lowest BCUT2D eigenvalue weighted by Crippen LogP contribution is -2.28. The van der Waals surface area contributed by atoms with Gasteiger partial charge in [0.15, 0.2) is 0 Å². The molecule has 1 rings (SSSR count). The lowest BCUT2D eigenvalue weighted by molar-refractivity contribution is -0.143. The zero-order valence-electron chi connectivity index (χ0n) is 8.94. The summed E-state index contributed by atoms with van der Waals surface area (Å²) in [5.74, 6) is -1.87. The van der Waals surface area contributed by atoms with Crippen LogP contribution in [-0.2, 0) is 9.59 Å². The molecule has 1 N–H and O–H groups in total. The fourth-order valence-corrected chi connectivity index (χ4v) is 2.10. The molecule has 0 radical (unpaired) electrons. The maximum atomic E-state index is 11.7. The second kappa shape index (κ2) is 5.32. The first kappa shape index (κ1) is 13.0. The Morgan fingerprint density at radius 3 is 2.62 bits per heavy atom. The van der Waals surface area contributed by atoms with Crippen LogP contribution in [0.4, 0.5) is 5.00 Å². The number of carboxylic acid groups (broad SMARTS) is 1. The van der Waals surface area contributed by atoms with Crippen LogP contribution in [-0.4, -0.2) is 24.0 Å². The Morgan fingerprint density at radius 1 is 1.56 bits per heavy atom. The Hall–Kier alpha value is -1.07. The average molecular weight is 262 g/mol. The monoisotopic (exact) mass is 261 g/mol. The van der Waals surface area contributed by atoms with Gasteiger partial charge in [0.2, 0.25) is 5.91 Å². The van der Waals surface area contributed by atoms with Crippen molar-refractivity contribution in [2.45, 2.75) is 13.3 Å². The van der Waals surface area contributed by atoms with Gasteiger partial charge in [-0.2, -0.15) is 0 Å². The Bertz CT molecular complexity index is 405. The lowest BCUT2D eigenvalue weighted by atomic mass is 10.1. The fraction of sp³-hybridized carbons (Fsp3) is 0.400. The first-order valence-corrected chi connectivity index (χ1v) is 5.86. The minimum Gasteiger partial charge on any atom is -0.481 e. The third-order valence-corrected chi connectivity index (χ3v) is 3.47. The maximum Gasteiger partial charge on any atom is 0.306 e. The molecule has 1 amide bonds. The predicted molar refractivity (Wildman–Crippen MR) is 64.2 cm³/mol. The van der Waals surface area contributed by atoms with Gasteiger partial charge in [0, 0.05) is 13.5 Å². The molecule has 6 heteroatoms. The van der Waals surface area contributed by atoms with E-state index < -0.39 is 11.9 Å². The molecule has 1 atom stereocenters. The van der Waals surface area contributed by atoms with Crippen LogP contribution in [0.15, 0.2) is 12.1 Å². The predicted octanol–water partition coefficient (Wildman–Crippen LogP) is 2.48. The van der Waals surface area contributed by atoms with Crippen molar-refractivity contribution in [1.82, 2.24) is 0 Å². The average Bonchev–Trinajstić information content (AvgIpc) is 2.63. The molecule has 1 aromatic heterocycles. The summed E-state index contributed by atoms with van der Waals surface area (Å²) in [5.41, 5.74) is 0. The summed E-state index contributed by atoms with van der Waals surface area (Å²) in [5, 5.41) is 9.41. The molecule has 1 unspecified atom stereocenters. The van der Waals surface area contributed by atoms with Gasteiger partial charge in [-0.1, -0.05) is 18.5 Å². The van der Waals surface area contributed by atoms with Gasteiger partial charge in [0.05, 0.1) is 15.3 Å². The number of thiophene rings is 1. The quantitative estimate of drug-likeness (QED) is 0.906. The Balaban J connectivity index is 2.64. The van der Waals surface area contributed by atoms with Gasteiger partial charge in [-0.25, -0.2) is 0 Å². The summed E-state index contributed by atoms with van der Waals surface area (Å²) in [7, 11) is 1.61. The Labute approximate surface area is 102 Å². The van der Waals surface area contributed by atoms with Crippen molar-refractivity contribution in [3.05, 3.63) is 16.5 Å². The van der Waals surface area contributed by atoms with Crippen LogP contribution in [0.5, 0.6) is 0 Å². The van der Waals surface area contributed by atoms with E-state index in [9.17, 15) is 9.59 Å². The van der Waals surface area contributed by atoms with Crippen molar-refractivity contribution in [3.8, 4) is 0 Å². The van der Waals surface area contributed by atoms with Crippen LogP contribution in [0.3, 0.4) is 0 Å². The van der Waals surface area contributed by atoms with Crippen LogP contribution in [0, 0.1) is 5.92 Å². The number of carbonyl (C=O) groups excluding carboxylic acids is 1. The molecule has 0 aliphatic carbocycles. The van der Waals surface area contributed by atoms with Crippen molar-refractivity contribution in [2.24, 2.45) is 5.92 Å². The highest BCUT2D eigenvalue weighted by molar-refractivity contribution is 7.20. The van der Waals surface area contributed by atoms with E-state index in [2.05, 4.69) is 0 Å². The molecule has 0 aliphatic rings. The Morgan fingerprint density at radius 2 is 2.19 bits per heavy atom. The number of hydrogen-bond acceptors (Lipinski definition) is 3. The van der Waals surface area contributed by atoms with Crippen LogP contribution in [0.2, 0.25) is 4.34 Å². The van der Waals surface area contributed by atoms with E-state index in [1.807, 2.05) is 0 Å². The normalized spacial score (nSPS) is 12.2. The molecule has 0 saturated heterocycles. The molecular formula is C10H12ClNO3S. The van der Waals surface area contributed by atoms with Gasteiger partial charge in [0.1, 0.15) is 0 Å². The number of carboxylic acids is 1. The SMILES string of the molecule is CC(CC(=O)N(C)c1ccc(Cl)s1)C(=O)O. The summed E-state index contributed by atoms with van der Waals surface area (Å²) in [4.78, 5) is 23.7. The van der Waals surface area contributed by atoms with E-state index in [0.29, 0.717) is 9.34 Å². The molecule has 16 heavy (non-hydrogen) atoms. The molecule has 0 spiro atoms. The molecule has 0 bridgehead atoms. The standard InChI is InChI=1S/C10H12ClNO3S/c1-6(10(14)15)5-8(13)12(2)9-4-3-7(11)16-9/h3-4,6H,5H2,1-2H3,(H,14,15). The van der Waals surface area contributed by atoms with Crippen molar-refractivity contribution in [3.63, 3.8) is 0 Å². The van der Waals surface area contributed by atoms with Crippen LogP contribution in [0.25, 0.3) is 0 Å². The first-order chi connectivity index (χ1) is 7.41. The van der Waals surface area contributed by atoms with Crippen molar-refractivity contribution >= 4 is 39.8 Å². The fourth-order valence-electron chi connectivity index (χ4n) is 1.09. The molecule has 0 saturated carbocycles. The highest BCUT2D eigenvalue weighted by Crippen LogP contribution is 2.29. The molecule has 0 fully saturated rings. The summed E-state index contributed by atoms with van der Waals surface area (Å²) in [6.45, 7) is 1.51. The molecule has 88 valence electrons. The summed E-state index contributed by atoms with van der Waals surface area (Å²) < 4.78 is 0.598. The molecule has 0 aliphatic heterocycles. The molecule has 4 nitrogen and oxygen atoms in total. The second-order valence-corrected chi connectivity index (χ2v) is 5.17. The number of aliphatic carboxylic acids is 1. The summed E-state index contributed by atoms with van der Waals surface area (Å²) in [6.07, 6.45) is -0.0125. The highest BCUT2D eigenvalue weighted by atomic mass is 35.5. The van der Waals surface area contributed by atoms with Gasteiger partial charge in [-0.15, -0.1) is 11.3 Å². The number of amides is 1. The van der Waals surface area contributed by atoms with Crippen molar-refractivity contribution in [1.29, 1.82) is 0 Å². The van der Waals surface area contributed by atoms with E-state index in [-0.39, 0.29) is 12.3 Å². The van der Waals surface area contributed by atoms with Gasteiger partial charge in [-0.05, 0) is 12.1 Å². The largest absolute Gasteiger partial charge is 0.481 e. The minimum absolute atomic E-state index is 0.0125. The van der Waals surface area contributed by atoms with Gasteiger partial charge >= 0.3 is 5.97 Å². The second-order valence-electron chi connectivity index (χ2n) is 3.47. The van der Waals surface area contributed by atoms with Crippen molar-refractivity contribution in [2.75, 3.05) is 11.9 Å². The topological polar surface area (TPSA) is 57.6 Å².